The third-order valence-electron chi connectivity index (χ3n) is 4.07. The molecule has 2 atom stereocenters. The number of aliphatic hydroxyl groups is 1. The molecule has 126 valence electrons. The number of ether oxygens (including phenoxy) is 1. The van der Waals surface area contributed by atoms with Gasteiger partial charge in [-0.3, -0.25) is 0 Å². The fraction of sp³-hybridized carbons (Fsp3) is 0.684. The van der Waals surface area contributed by atoms with E-state index in [0.29, 0.717) is 18.9 Å². The van der Waals surface area contributed by atoms with Crippen LogP contribution >= 0.6 is 0 Å². The van der Waals surface area contributed by atoms with E-state index >= 15 is 0 Å². The van der Waals surface area contributed by atoms with E-state index in [1.807, 2.05) is 0 Å². The van der Waals surface area contributed by atoms with Crippen LogP contribution in [0.3, 0.4) is 0 Å². The highest BCUT2D eigenvalue weighted by Gasteiger charge is 2.22. The van der Waals surface area contributed by atoms with Crippen molar-refractivity contribution in [2.75, 3.05) is 13.2 Å². The molecule has 0 aliphatic rings. The maximum absolute atomic E-state index is 9.87. The minimum Gasteiger partial charge on any atom is -0.493 e. The molecule has 0 saturated carbocycles. The first-order valence-electron chi connectivity index (χ1n) is 8.48. The van der Waals surface area contributed by atoms with Gasteiger partial charge in [0.25, 0.3) is 0 Å². The normalized spacial score (nSPS) is 14.7. The van der Waals surface area contributed by atoms with Crippen LogP contribution < -0.4 is 10.5 Å². The predicted octanol–water partition coefficient (Wildman–Crippen LogP) is 3.98. The molecule has 1 aromatic rings. The first kappa shape index (κ1) is 19.0. The average Bonchev–Trinajstić information content (AvgIpc) is 2.49. The molecular formula is C19H33NO2. The van der Waals surface area contributed by atoms with E-state index in [1.54, 1.807) is 0 Å². The summed E-state index contributed by atoms with van der Waals surface area (Å²) in [5.74, 6) is 1.31. The van der Waals surface area contributed by atoms with Crippen LogP contribution in [0.15, 0.2) is 18.2 Å². The van der Waals surface area contributed by atoms with Crippen LogP contribution in [-0.4, -0.2) is 24.4 Å². The molecule has 3 heteroatoms. The first-order valence-corrected chi connectivity index (χ1v) is 8.48. The highest BCUT2D eigenvalue weighted by molar-refractivity contribution is 5.42. The number of aliphatic hydroxyl groups excluding tert-OH is 1. The SMILES string of the molecule is CCCOc1ccc(C(CC)CC(O)CN)cc1C(C)(C)C. The van der Waals surface area contributed by atoms with Crippen molar-refractivity contribution in [1.29, 1.82) is 0 Å². The molecule has 0 saturated heterocycles. The van der Waals surface area contributed by atoms with Gasteiger partial charge in [0.05, 0.1) is 12.7 Å². The molecule has 1 rings (SSSR count). The summed E-state index contributed by atoms with van der Waals surface area (Å²) in [6, 6.07) is 6.48. The van der Waals surface area contributed by atoms with Gasteiger partial charge in [0.1, 0.15) is 5.75 Å². The molecule has 0 fully saturated rings. The molecule has 0 heterocycles. The second kappa shape index (κ2) is 8.54. The van der Waals surface area contributed by atoms with Gasteiger partial charge in [-0.15, -0.1) is 0 Å². The third-order valence-corrected chi connectivity index (χ3v) is 4.07. The minimum absolute atomic E-state index is 0.0316. The average molecular weight is 307 g/mol. The maximum Gasteiger partial charge on any atom is 0.123 e. The van der Waals surface area contributed by atoms with E-state index in [0.717, 1.165) is 25.2 Å². The van der Waals surface area contributed by atoms with Crippen LogP contribution in [0, 0.1) is 0 Å². The number of rotatable bonds is 8. The Hall–Kier alpha value is -1.06. The fourth-order valence-electron chi connectivity index (χ4n) is 2.69. The van der Waals surface area contributed by atoms with Crippen molar-refractivity contribution in [2.24, 2.45) is 5.73 Å². The highest BCUT2D eigenvalue weighted by Crippen LogP contribution is 2.35. The monoisotopic (exact) mass is 307 g/mol. The van der Waals surface area contributed by atoms with Crippen molar-refractivity contribution in [3.05, 3.63) is 29.3 Å². The van der Waals surface area contributed by atoms with E-state index in [9.17, 15) is 5.11 Å². The van der Waals surface area contributed by atoms with Gasteiger partial charge in [0.15, 0.2) is 0 Å². The lowest BCUT2D eigenvalue weighted by molar-refractivity contribution is 0.162. The lowest BCUT2D eigenvalue weighted by atomic mass is 9.82. The van der Waals surface area contributed by atoms with Crippen LogP contribution in [-0.2, 0) is 5.41 Å². The van der Waals surface area contributed by atoms with Gasteiger partial charge >= 0.3 is 0 Å². The van der Waals surface area contributed by atoms with Gasteiger partial charge < -0.3 is 15.6 Å². The third kappa shape index (κ3) is 5.29. The quantitative estimate of drug-likeness (QED) is 0.764. The summed E-state index contributed by atoms with van der Waals surface area (Å²) in [5.41, 5.74) is 8.10. The van der Waals surface area contributed by atoms with E-state index in [1.165, 1.54) is 11.1 Å². The lowest BCUT2D eigenvalue weighted by Gasteiger charge is -2.26. The smallest absolute Gasteiger partial charge is 0.123 e. The summed E-state index contributed by atoms with van der Waals surface area (Å²) in [5, 5.41) is 9.87. The van der Waals surface area contributed by atoms with E-state index in [-0.39, 0.29) is 5.41 Å². The van der Waals surface area contributed by atoms with Crippen LogP contribution in [0.25, 0.3) is 0 Å². The zero-order valence-corrected chi connectivity index (χ0v) is 14.9. The van der Waals surface area contributed by atoms with Gasteiger partial charge in [-0.05, 0) is 47.8 Å². The molecule has 0 spiro atoms. The lowest BCUT2D eigenvalue weighted by Crippen LogP contribution is -2.22. The zero-order chi connectivity index (χ0) is 16.8. The summed E-state index contributed by atoms with van der Waals surface area (Å²) >= 11 is 0. The van der Waals surface area contributed by atoms with Crippen molar-refractivity contribution in [3.8, 4) is 5.75 Å². The molecule has 0 aliphatic carbocycles. The summed E-state index contributed by atoms with van der Waals surface area (Å²) < 4.78 is 5.91. The minimum atomic E-state index is -0.431. The molecule has 3 nitrogen and oxygen atoms in total. The van der Waals surface area contributed by atoms with E-state index < -0.39 is 6.10 Å². The predicted molar refractivity (Wildman–Crippen MR) is 93.6 cm³/mol. The van der Waals surface area contributed by atoms with Crippen molar-refractivity contribution >= 4 is 0 Å². The summed E-state index contributed by atoms with van der Waals surface area (Å²) in [7, 11) is 0. The largest absolute Gasteiger partial charge is 0.493 e. The fourth-order valence-corrected chi connectivity index (χ4v) is 2.69. The van der Waals surface area contributed by atoms with Crippen molar-refractivity contribution < 1.29 is 9.84 Å². The zero-order valence-electron chi connectivity index (χ0n) is 14.9. The second-order valence-electron chi connectivity index (χ2n) is 7.08. The van der Waals surface area contributed by atoms with Gasteiger partial charge in [-0.2, -0.15) is 0 Å². The van der Waals surface area contributed by atoms with Gasteiger partial charge in [-0.1, -0.05) is 46.8 Å². The second-order valence-corrected chi connectivity index (χ2v) is 7.08. The molecule has 0 aliphatic heterocycles. The van der Waals surface area contributed by atoms with Crippen LogP contribution in [0.5, 0.6) is 5.75 Å². The Morgan fingerprint density at radius 2 is 1.91 bits per heavy atom. The molecule has 0 aromatic heterocycles. The summed E-state index contributed by atoms with van der Waals surface area (Å²) in [6.07, 6.45) is 2.28. The van der Waals surface area contributed by atoms with Crippen molar-refractivity contribution in [3.63, 3.8) is 0 Å². The Bertz CT molecular complexity index is 451. The van der Waals surface area contributed by atoms with Gasteiger partial charge in [0.2, 0.25) is 0 Å². The van der Waals surface area contributed by atoms with Crippen LogP contribution in [0.2, 0.25) is 0 Å². The molecule has 2 unspecified atom stereocenters. The van der Waals surface area contributed by atoms with E-state index in [2.05, 4.69) is 52.8 Å². The van der Waals surface area contributed by atoms with Gasteiger partial charge in [-0.25, -0.2) is 0 Å². The molecule has 0 amide bonds. The Balaban J connectivity index is 3.11. The van der Waals surface area contributed by atoms with Crippen LogP contribution in [0.4, 0.5) is 0 Å². The van der Waals surface area contributed by atoms with Crippen molar-refractivity contribution in [2.45, 2.75) is 71.3 Å². The molecule has 0 radical (unpaired) electrons. The Morgan fingerprint density at radius 1 is 1.23 bits per heavy atom. The standard InChI is InChI=1S/C19H33NO2/c1-6-10-22-18-9-8-15(12-17(18)19(3,4)5)14(7-2)11-16(21)13-20/h8-9,12,14,16,21H,6-7,10-11,13,20H2,1-5H3. The molecule has 22 heavy (non-hydrogen) atoms. The van der Waals surface area contributed by atoms with Gasteiger partial charge in [0, 0.05) is 6.54 Å². The molecular weight excluding hydrogens is 274 g/mol. The topological polar surface area (TPSA) is 55.5 Å². The maximum atomic E-state index is 9.87. The first-order chi connectivity index (χ1) is 10.3. The summed E-state index contributed by atoms with van der Waals surface area (Å²) in [6.45, 7) is 12.0. The number of nitrogens with two attached hydrogens (primary N) is 1. The molecule has 1 aromatic carbocycles. The number of hydrogen-bond donors (Lipinski definition) is 2. The molecule has 0 bridgehead atoms. The number of benzene rings is 1. The van der Waals surface area contributed by atoms with Crippen molar-refractivity contribution in [1.82, 2.24) is 0 Å². The van der Waals surface area contributed by atoms with E-state index in [4.69, 9.17) is 10.5 Å². The summed E-state index contributed by atoms with van der Waals surface area (Å²) in [4.78, 5) is 0. The Labute approximate surface area is 135 Å². The van der Waals surface area contributed by atoms with Crippen LogP contribution in [0.1, 0.15) is 70.9 Å². The highest BCUT2D eigenvalue weighted by atomic mass is 16.5. The number of hydrogen-bond acceptors (Lipinski definition) is 3. The molecule has 3 N–H and O–H groups in total. The Kier molecular flexibility index (Phi) is 7.37. The Morgan fingerprint density at radius 3 is 2.41 bits per heavy atom.